The van der Waals surface area contributed by atoms with Crippen LogP contribution < -0.4 is 17.0 Å². The zero-order chi connectivity index (χ0) is 9.68. The molecule has 0 aliphatic heterocycles. The van der Waals surface area contributed by atoms with E-state index in [4.69, 9.17) is 11.6 Å². The lowest BCUT2D eigenvalue weighted by atomic mass is 10.1. The van der Waals surface area contributed by atoms with Crippen molar-refractivity contribution < 1.29 is 0 Å². The highest BCUT2D eigenvalue weighted by Crippen LogP contribution is 2.14. The molecule has 13 heavy (non-hydrogen) atoms. The van der Waals surface area contributed by atoms with Crippen LogP contribution in [0.5, 0.6) is 0 Å². The second kappa shape index (κ2) is 4.47. The smallest absolute Gasteiger partial charge is 0.203 e. The van der Waals surface area contributed by atoms with E-state index >= 15 is 0 Å². The Morgan fingerprint density at radius 3 is 2.54 bits per heavy atom. The lowest BCUT2D eigenvalue weighted by Gasteiger charge is -2.07. The molecule has 1 unspecified atom stereocenters. The van der Waals surface area contributed by atoms with Gasteiger partial charge in [0.1, 0.15) is 0 Å². The van der Waals surface area contributed by atoms with Gasteiger partial charge >= 0.3 is 0 Å². The van der Waals surface area contributed by atoms with Crippen molar-refractivity contribution in [3.8, 4) is 0 Å². The monoisotopic (exact) mass is 178 g/mol. The first-order valence-corrected chi connectivity index (χ1v) is 4.09. The molecule has 0 amide bonds. The van der Waals surface area contributed by atoms with Crippen LogP contribution in [0.2, 0.25) is 0 Å². The molecular formula is C9H14N4. The zero-order valence-electron chi connectivity index (χ0n) is 7.57. The molecule has 1 rings (SSSR count). The molecule has 0 aromatic heterocycles. The highest BCUT2D eigenvalue weighted by atomic mass is 15.3. The predicted octanol–water partition coefficient (Wildman–Crippen LogP) is 0.526. The summed E-state index contributed by atoms with van der Waals surface area (Å²) in [4.78, 5) is 4.12. The van der Waals surface area contributed by atoms with Crippen LogP contribution in [0.25, 0.3) is 0 Å². The van der Waals surface area contributed by atoms with Gasteiger partial charge in [-0.3, -0.25) is 5.43 Å². The number of benzene rings is 1. The molecule has 0 saturated carbocycles. The van der Waals surface area contributed by atoms with Gasteiger partial charge in [0.15, 0.2) is 0 Å². The van der Waals surface area contributed by atoms with E-state index in [0.717, 1.165) is 5.56 Å². The molecule has 1 atom stereocenters. The van der Waals surface area contributed by atoms with Crippen molar-refractivity contribution in [3.05, 3.63) is 35.9 Å². The van der Waals surface area contributed by atoms with Crippen molar-refractivity contribution in [1.82, 2.24) is 5.43 Å². The third-order valence-electron chi connectivity index (χ3n) is 1.76. The summed E-state index contributed by atoms with van der Waals surface area (Å²) in [6, 6.07) is 9.92. The van der Waals surface area contributed by atoms with Gasteiger partial charge in [-0.05, 0) is 12.5 Å². The maximum Gasteiger partial charge on any atom is 0.203 e. The highest BCUT2D eigenvalue weighted by Gasteiger charge is 2.01. The molecule has 4 nitrogen and oxygen atoms in total. The molecule has 0 spiro atoms. The minimum atomic E-state index is 0.0252. The van der Waals surface area contributed by atoms with E-state index in [9.17, 15) is 0 Å². The average Bonchev–Trinajstić information content (AvgIpc) is 2.19. The number of rotatable bonds is 2. The van der Waals surface area contributed by atoms with Crippen LogP contribution in [-0.4, -0.2) is 5.96 Å². The molecule has 1 aromatic rings. The number of nitrogens with two attached hydrogens (primary N) is 2. The largest absolute Gasteiger partial charge is 0.369 e. The number of nitrogens with zero attached hydrogens (tertiary/aromatic N) is 1. The Morgan fingerprint density at radius 2 is 2.00 bits per heavy atom. The third-order valence-corrected chi connectivity index (χ3v) is 1.76. The third kappa shape index (κ3) is 2.76. The van der Waals surface area contributed by atoms with Crippen molar-refractivity contribution in [2.24, 2.45) is 16.6 Å². The topological polar surface area (TPSA) is 76.4 Å². The quantitative estimate of drug-likeness (QED) is 0.267. The Hall–Kier alpha value is -1.55. The Morgan fingerprint density at radius 1 is 1.38 bits per heavy atom. The number of nitrogens with one attached hydrogen (secondary N) is 1. The van der Waals surface area contributed by atoms with E-state index in [1.807, 2.05) is 37.3 Å². The molecule has 0 bridgehead atoms. The van der Waals surface area contributed by atoms with Gasteiger partial charge in [-0.15, -0.1) is 0 Å². The van der Waals surface area contributed by atoms with E-state index in [1.54, 1.807) is 0 Å². The lowest BCUT2D eigenvalue weighted by Crippen LogP contribution is -2.37. The number of aliphatic imine (C=N–C) groups is 1. The van der Waals surface area contributed by atoms with E-state index in [1.165, 1.54) is 0 Å². The van der Waals surface area contributed by atoms with E-state index < -0.39 is 0 Å². The number of guanidine groups is 1. The van der Waals surface area contributed by atoms with Gasteiger partial charge in [0, 0.05) is 0 Å². The van der Waals surface area contributed by atoms with Crippen LogP contribution in [0.3, 0.4) is 0 Å². The van der Waals surface area contributed by atoms with Gasteiger partial charge in [0.25, 0.3) is 0 Å². The Labute approximate surface area is 77.6 Å². The van der Waals surface area contributed by atoms with Crippen molar-refractivity contribution in [1.29, 1.82) is 0 Å². The fourth-order valence-corrected chi connectivity index (χ4v) is 1.05. The first kappa shape index (κ1) is 9.54. The van der Waals surface area contributed by atoms with Gasteiger partial charge in [-0.2, -0.15) is 0 Å². The molecule has 0 saturated heterocycles. The Balaban J connectivity index is 2.75. The normalized spacial score (nSPS) is 13.8. The van der Waals surface area contributed by atoms with Crippen molar-refractivity contribution in [2.75, 3.05) is 0 Å². The SMILES string of the molecule is CC(N=C(N)NN)c1ccccc1. The van der Waals surface area contributed by atoms with Crippen molar-refractivity contribution in [3.63, 3.8) is 0 Å². The molecule has 0 radical (unpaired) electrons. The fourth-order valence-electron chi connectivity index (χ4n) is 1.05. The molecule has 0 aliphatic rings. The molecule has 0 heterocycles. The summed E-state index contributed by atoms with van der Waals surface area (Å²) in [6.07, 6.45) is 0. The van der Waals surface area contributed by atoms with Crippen LogP contribution in [-0.2, 0) is 0 Å². The second-order valence-electron chi connectivity index (χ2n) is 2.75. The Bertz CT molecular complexity index is 281. The van der Waals surface area contributed by atoms with Crippen molar-refractivity contribution >= 4 is 5.96 Å². The standard InChI is InChI=1S/C9H14N4/c1-7(12-9(10)13-11)8-5-3-2-4-6-8/h2-7H,11H2,1H3,(H3,10,12,13). The Kier molecular flexibility index (Phi) is 3.28. The maximum atomic E-state index is 5.43. The lowest BCUT2D eigenvalue weighted by molar-refractivity contribution is 0.801. The van der Waals surface area contributed by atoms with Gasteiger partial charge in [0.2, 0.25) is 5.96 Å². The predicted molar refractivity (Wildman–Crippen MR) is 53.8 cm³/mol. The summed E-state index contributed by atoms with van der Waals surface area (Å²) in [5.74, 6) is 5.34. The first-order chi connectivity index (χ1) is 6.24. The maximum absolute atomic E-state index is 5.43. The second-order valence-corrected chi connectivity index (χ2v) is 2.75. The van der Waals surface area contributed by atoms with Crippen LogP contribution in [0.1, 0.15) is 18.5 Å². The number of hydrogen-bond donors (Lipinski definition) is 3. The van der Waals surface area contributed by atoms with E-state index in [0.29, 0.717) is 0 Å². The summed E-state index contributed by atoms with van der Waals surface area (Å²) in [5.41, 5.74) is 8.83. The van der Waals surface area contributed by atoms with E-state index in [-0.39, 0.29) is 12.0 Å². The number of hydrogen-bond acceptors (Lipinski definition) is 2. The van der Waals surface area contributed by atoms with Crippen LogP contribution in [0.15, 0.2) is 35.3 Å². The molecule has 0 fully saturated rings. The average molecular weight is 178 g/mol. The van der Waals surface area contributed by atoms with Crippen LogP contribution in [0, 0.1) is 0 Å². The van der Waals surface area contributed by atoms with Gasteiger partial charge in [0.05, 0.1) is 6.04 Å². The summed E-state index contributed by atoms with van der Waals surface area (Å²) in [6.45, 7) is 1.96. The van der Waals surface area contributed by atoms with Crippen LogP contribution in [0.4, 0.5) is 0 Å². The first-order valence-electron chi connectivity index (χ1n) is 4.09. The minimum absolute atomic E-state index is 0.0252. The molecular weight excluding hydrogens is 164 g/mol. The number of hydrazine groups is 1. The molecule has 0 aliphatic carbocycles. The zero-order valence-corrected chi connectivity index (χ0v) is 7.57. The summed E-state index contributed by atoms with van der Waals surface area (Å²) in [5, 5.41) is 0. The molecule has 1 aromatic carbocycles. The molecule has 5 N–H and O–H groups in total. The molecule has 70 valence electrons. The molecule has 4 heteroatoms. The summed E-state index contributed by atoms with van der Waals surface area (Å²) in [7, 11) is 0. The summed E-state index contributed by atoms with van der Waals surface area (Å²) < 4.78 is 0. The summed E-state index contributed by atoms with van der Waals surface area (Å²) >= 11 is 0. The van der Waals surface area contributed by atoms with Crippen molar-refractivity contribution in [2.45, 2.75) is 13.0 Å². The fraction of sp³-hybridized carbons (Fsp3) is 0.222. The van der Waals surface area contributed by atoms with Gasteiger partial charge in [-0.1, -0.05) is 30.3 Å². The van der Waals surface area contributed by atoms with Crippen LogP contribution >= 0.6 is 0 Å². The van der Waals surface area contributed by atoms with E-state index in [2.05, 4.69) is 10.4 Å². The van der Waals surface area contributed by atoms with Gasteiger partial charge in [-0.25, -0.2) is 10.8 Å². The highest BCUT2D eigenvalue weighted by molar-refractivity contribution is 5.77. The minimum Gasteiger partial charge on any atom is -0.369 e. The van der Waals surface area contributed by atoms with Gasteiger partial charge < -0.3 is 5.73 Å².